The maximum absolute atomic E-state index is 12.5. The van der Waals surface area contributed by atoms with Gasteiger partial charge in [-0.3, -0.25) is 20.3 Å². The molecule has 0 fully saturated rings. The lowest BCUT2D eigenvalue weighted by molar-refractivity contribution is -0.384. The molecule has 26 heavy (non-hydrogen) atoms. The fourth-order valence-corrected chi connectivity index (χ4v) is 2.74. The molecule has 0 amide bonds. The number of H-pyrrole nitrogens is 1. The number of carbonyl (C=O) groups is 1. The predicted octanol–water partition coefficient (Wildman–Crippen LogP) is 2.27. The first kappa shape index (κ1) is 17.1. The third kappa shape index (κ3) is 2.75. The second kappa shape index (κ2) is 6.28. The zero-order valence-corrected chi connectivity index (χ0v) is 13.8. The molecule has 3 rings (SSSR count). The van der Waals surface area contributed by atoms with Crippen molar-refractivity contribution >= 4 is 22.6 Å². The van der Waals surface area contributed by atoms with Gasteiger partial charge in [-0.1, -0.05) is 12.1 Å². The topological polar surface area (TPSA) is 139 Å². The highest BCUT2D eigenvalue weighted by Crippen LogP contribution is 2.31. The molecule has 0 bridgehead atoms. The molecule has 0 unspecified atom stereocenters. The summed E-state index contributed by atoms with van der Waals surface area (Å²) in [5, 5.41) is 19.1. The third-order valence-electron chi connectivity index (χ3n) is 3.81. The van der Waals surface area contributed by atoms with E-state index >= 15 is 0 Å². The molecule has 1 aromatic carbocycles. The van der Waals surface area contributed by atoms with Crippen molar-refractivity contribution in [2.75, 3.05) is 7.11 Å². The Morgan fingerprint density at radius 2 is 2.08 bits per heavy atom. The zero-order chi connectivity index (χ0) is 19.0. The van der Waals surface area contributed by atoms with Gasteiger partial charge in [0.2, 0.25) is 5.55 Å². The standard InChI is InChI=1S/C17H13N3O6/c1-8-6-11-13(16(21)19-8)12(14(15(18)26-11)17(22)25-2)9-4-3-5-10(7-9)20(23)24/h3-7,18H,1-2H3,(H,19,21). The van der Waals surface area contributed by atoms with Crippen LogP contribution in [0.5, 0.6) is 0 Å². The number of non-ortho nitro benzene ring substituents is 1. The molecule has 3 aromatic rings. The van der Waals surface area contributed by atoms with Crippen molar-refractivity contribution in [2.24, 2.45) is 0 Å². The molecule has 0 atom stereocenters. The van der Waals surface area contributed by atoms with Crippen LogP contribution < -0.4 is 11.1 Å². The number of methoxy groups -OCH3 is 1. The first-order valence-electron chi connectivity index (χ1n) is 7.42. The number of ether oxygens (including phenoxy) is 1. The van der Waals surface area contributed by atoms with E-state index < -0.39 is 22.0 Å². The maximum Gasteiger partial charge on any atom is 0.344 e. The number of hydrogen-bond acceptors (Lipinski definition) is 7. The molecule has 9 heteroatoms. The number of aromatic nitrogens is 1. The number of nitrogens with one attached hydrogen (secondary N) is 2. The number of aryl methyl sites for hydroxylation is 1. The summed E-state index contributed by atoms with van der Waals surface area (Å²) in [4.78, 5) is 37.8. The van der Waals surface area contributed by atoms with Crippen LogP contribution in [0.4, 0.5) is 5.69 Å². The van der Waals surface area contributed by atoms with Crippen LogP contribution in [0.2, 0.25) is 0 Å². The molecule has 132 valence electrons. The minimum atomic E-state index is -0.887. The van der Waals surface area contributed by atoms with E-state index in [-0.39, 0.29) is 33.3 Å². The highest BCUT2D eigenvalue weighted by Gasteiger charge is 2.24. The molecule has 0 saturated heterocycles. The SMILES string of the molecule is COC(=O)c1c(-c2cccc([N+](=O)[O-])c2)c2c(=O)[nH]c(C)cc2oc1=N. The average Bonchev–Trinajstić information content (AvgIpc) is 2.59. The molecule has 0 saturated carbocycles. The van der Waals surface area contributed by atoms with Crippen LogP contribution in [-0.2, 0) is 4.74 Å². The van der Waals surface area contributed by atoms with Crippen molar-refractivity contribution in [3.05, 3.63) is 67.6 Å². The summed E-state index contributed by atoms with van der Waals surface area (Å²) in [6.07, 6.45) is 0. The Balaban J connectivity index is 2.54. The van der Waals surface area contributed by atoms with Crippen molar-refractivity contribution < 1.29 is 18.9 Å². The lowest BCUT2D eigenvalue weighted by atomic mass is 9.97. The maximum atomic E-state index is 12.5. The molecule has 0 aliphatic heterocycles. The van der Waals surface area contributed by atoms with Crippen molar-refractivity contribution in [3.63, 3.8) is 0 Å². The largest absolute Gasteiger partial charge is 0.465 e. The van der Waals surface area contributed by atoms with E-state index in [9.17, 15) is 19.7 Å². The van der Waals surface area contributed by atoms with E-state index in [0.717, 1.165) is 7.11 Å². The van der Waals surface area contributed by atoms with Gasteiger partial charge in [0.05, 0.1) is 17.4 Å². The van der Waals surface area contributed by atoms with Gasteiger partial charge in [-0.25, -0.2) is 4.79 Å². The third-order valence-corrected chi connectivity index (χ3v) is 3.81. The number of rotatable bonds is 3. The van der Waals surface area contributed by atoms with Crippen molar-refractivity contribution in [3.8, 4) is 11.1 Å². The normalized spacial score (nSPS) is 10.7. The molecular formula is C17H13N3O6. The van der Waals surface area contributed by atoms with Gasteiger partial charge < -0.3 is 14.1 Å². The number of nitrogens with zero attached hydrogens (tertiary/aromatic N) is 1. The Kier molecular flexibility index (Phi) is 4.13. The Bertz CT molecular complexity index is 1180. The van der Waals surface area contributed by atoms with Crippen molar-refractivity contribution in [1.29, 1.82) is 5.41 Å². The summed E-state index contributed by atoms with van der Waals surface area (Å²) in [6, 6.07) is 6.95. The predicted molar refractivity (Wildman–Crippen MR) is 90.9 cm³/mol. The summed E-state index contributed by atoms with van der Waals surface area (Å²) in [5.41, 5.74) is -0.688. The second-order valence-electron chi connectivity index (χ2n) is 5.50. The van der Waals surface area contributed by atoms with E-state index in [2.05, 4.69) is 4.98 Å². The Hall–Kier alpha value is -3.75. The summed E-state index contributed by atoms with van der Waals surface area (Å²) in [7, 11) is 1.13. The monoisotopic (exact) mass is 355 g/mol. The molecule has 0 aliphatic carbocycles. The van der Waals surface area contributed by atoms with Gasteiger partial charge >= 0.3 is 5.97 Å². The molecule has 2 heterocycles. The number of aromatic amines is 1. The number of nitro benzene ring substituents is 1. The lowest BCUT2D eigenvalue weighted by Gasteiger charge is -2.11. The fraction of sp³-hybridized carbons (Fsp3) is 0.118. The van der Waals surface area contributed by atoms with Gasteiger partial charge in [-0.15, -0.1) is 0 Å². The van der Waals surface area contributed by atoms with Gasteiger partial charge in [0.15, 0.2) is 0 Å². The van der Waals surface area contributed by atoms with Crippen LogP contribution in [0.15, 0.2) is 39.5 Å². The molecular weight excluding hydrogens is 342 g/mol. The lowest BCUT2D eigenvalue weighted by Crippen LogP contribution is -2.21. The summed E-state index contributed by atoms with van der Waals surface area (Å²) in [6.45, 7) is 1.64. The number of nitro groups is 1. The van der Waals surface area contributed by atoms with Gasteiger partial charge in [0, 0.05) is 29.5 Å². The molecule has 2 aromatic heterocycles. The first-order chi connectivity index (χ1) is 12.3. The van der Waals surface area contributed by atoms with Crippen LogP contribution in [0.3, 0.4) is 0 Å². The molecule has 9 nitrogen and oxygen atoms in total. The van der Waals surface area contributed by atoms with Crippen LogP contribution in [0, 0.1) is 22.4 Å². The number of hydrogen-bond donors (Lipinski definition) is 2. The first-order valence-corrected chi connectivity index (χ1v) is 7.42. The number of carbonyl (C=O) groups excluding carboxylic acids is 1. The van der Waals surface area contributed by atoms with Gasteiger partial charge in [-0.05, 0) is 12.5 Å². The zero-order valence-electron chi connectivity index (χ0n) is 13.8. The van der Waals surface area contributed by atoms with E-state index in [0.29, 0.717) is 5.69 Å². The highest BCUT2D eigenvalue weighted by atomic mass is 16.6. The molecule has 0 aliphatic rings. The molecule has 2 N–H and O–H groups in total. The summed E-state index contributed by atoms with van der Waals surface area (Å²) in [5.74, 6) is -0.887. The van der Waals surface area contributed by atoms with E-state index in [1.807, 2.05) is 0 Å². The number of esters is 1. The van der Waals surface area contributed by atoms with Crippen molar-refractivity contribution in [2.45, 2.75) is 6.92 Å². The Morgan fingerprint density at radius 1 is 1.35 bits per heavy atom. The quantitative estimate of drug-likeness (QED) is 0.420. The van der Waals surface area contributed by atoms with Crippen LogP contribution in [0.25, 0.3) is 22.1 Å². The Morgan fingerprint density at radius 3 is 2.73 bits per heavy atom. The number of benzene rings is 1. The number of fused-ring (bicyclic) bond motifs is 1. The van der Waals surface area contributed by atoms with Gasteiger partial charge in [0.25, 0.3) is 11.2 Å². The fourth-order valence-electron chi connectivity index (χ4n) is 2.74. The van der Waals surface area contributed by atoms with E-state index in [1.54, 1.807) is 6.92 Å². The molecule has 0 radical (unpaired) electrons. The smallest absolute Gasteiger partial charge is 0.344 e. The van der Waals surface area contributed by atoms with Crippen LogP contribution >= 0.6 is 0 Å². The Labute approximate surface area is 145 Å². The van der Waals surface area contributed by atoms with E-state index in [4.69, 9.17) is 14.6 Å². The van der Waals surface area contributed by atoms with E-state index in [1.165, 1.54) is 30.3 Å². The second-order valence-corrected chi connectivity index (χ2v) is 5.50. The van der Waals surface area contributed by atoms with Crippen LogP contribution in [-0.4, -0.2) is 23.0 Å². The number of pyridine rings is 1. The minimum absolute atomic E-state index is 0.00694. The minimum Gasteiger partial charge on any atom is -0.465 e. The molecule has 0 spiro atoms. The van der Waals surface area contributed by atoms with Crippen LogP contribution in [0.1, 0.15) is 16.1 Å². The van der Waals surface area contributed by atoms with Gasteiger partial charge in [0.1, 0.15) is 11.1 Å². The average molecular weight is 355 g/mol. The summed E-state index contributed by atoms with van der Waals surface area (Å²) >= 11 is 0. The summed E-state index contributed by atoms with van der Waals surface area (Å²) < 4.78 is 10.0. The highest BCUT2D eigenvalue weighted by molar-refractivity contribution is 6.05. The van der Waals surface area contributed by atoms with Crippen molar-refractivity contribution in [1.82, 2.24) is 4.98 Å². The van der Waals surface area contributed by atoms with Gasteiger partial charge in [-0.2, -0.15) is 0 Å².